The third-order valence-electron chi connectivity index (χ3n) is 2.48. The van der Waals surface area contributed by atoms with Crippen molar-refractivity contribution < 1.29 is 9.90 Å². The number of aromatic amines is 1. The Bertz CT molecular complexity index is 727. The monoisotopic (exact) mass is 246 g/mol. The first-order chi connectivity index (χ1) is 8.49. The van der Waals surface area contributed by atoms with Crippen molar-refractivity contribution in [3.63, 3.8) is 0 Å². The molecule has 1 aromatic carbocycles. The predicted octanol–water partition coefficient (Wildman–Crippen LogP) is 0.532. The van der Waals surface area contributed by atoms with Crippen molar-refractivity contribution >= 4 is 5.97 Å². The number of carboxylic acids is 1. The van der Waals surface area contributed by atoms with Crippen LogP contribution in [0.3, 0.4) is 0 Å². The summed E-state index contributed by atoms with van der Waals surface area (Å²) in [6, 6.07) is 7.21. The van der Waals surface area contributed by atoms with Gasteiger partial charge in [-0.1, -0.05) is 6.07 Å². The molecule has 0 saturated heterocycles. The van der Waals surface area contributed by atoms with Gasteiger partial charge in [-0.25, -0.2) is 9.59 Å². The number of nitrogens with one attached hydrogen (secondary N) is 1. The number of aromatic nitrogens is 2. The lowest BCUT2D eigenvalue weighted by Crippen LogP contribution is -2.30. The number of benzene rings is 1. The molecule has 0 amide bonds. The molecule has 18 heavy (non-hydrogen) atoms. The minimum Gasteiger partial charge on any atom is -0.478 e. The highest BCUT2D eigenvalue weighted by atomic mass is 16.4. The number of aryl methyl sites for hydroxylation is 1. The number of rotatable bonds is 2. The standard InChI is InChI=1S/C12H10N2O4/c1-7-5-10(15)13-12(18)14(7)9-4-2-3-8(6-9)11(16)17/h2-6H,1H3,(H,16,17)(H,13,15,18). The van der Waals surface area contributed by atoms with Crippen LogP contribution in [0.1, 0.15) is 16.1 Å². The average molecular weight is 246 g/mol. The number of nitrogens with zero attached hydrogens (tertiary/aromatic N) is 1. The van der Waals surface area contributed by atoms with Crippen LogP contribution in [0.15, 0.2) is 39.9 Å². The molecule has 0 unspecified atom stereocenters. The van der Waals surface area contributed by atoms with E-state index in [1.54, 1.807) is 13.0 Å². The van der Waals surface area contributed by atoms with E-state index in [2.05, 4.69) is 4.98 Å². The number of aromatic carboxylic acids is 1. The zero-order valence-electron chi connectivity index (χ0n) is 9.51. The van der Waals surface area contributed by atoms with Gasteiger partial charge in [-0.05, 0) is 25.1 Å². The van der Waals surface area contributed by atoms with E-state index in [4.69, 9.17) is 5.11 Å². The summed E-state index contributed by atoms with van der Waals surface area (Å²) >= 11 is 0. The SMILES string of the molecule is Cc1cc(=O)[nH]c(=O)n1-c1cccc(C(=O)O)c1. The van der Waals surface area contributed by atoms with Crippen LogP contribution in [0.2, 0.25) is 0 Å². The fourth-order valence-corrected chi connectivity index (χ4v) is 1.71. The number of H-pyrrole nitrogens is 1. The van der Waals surface area contributed by atoms with Crippen LogP contribution in [-0.4, -0.2) is 20.6 Å². The van der Waals surface area contributed by atoms with Crippen molar-refractivity contribution in [3.8, 4) is 5.69 Å². The van der Waals surface area contributed by atoms with E-state index in [9.17, 15) is 14.4 Å². The molecule has 2 aromatic rings. The van der Waals surface area contributed by atoms with Crippen molar-refractivity contribution in [1.82, 2.24) is 9.55 Å². The van der Waals surface area contributed by atoms with E-state index in [0.717, 1.165) is 0 Å². The highest BCUT2D eigenvalue weighted by Crippen LogP contribution is 2.10. The molecule has 0 saturated carbocycles. The number of hydrogen-bond acceptors (Lipinski definition) is 3. The number of carboxylic acid groups (broad SMARTS) is 1. The average Bonchev–Trinajstić information content (AvgIpc) is 2.28. The summed E-state index contributed by atoms with van der Waals surface area (Å²) in [5.41, 5.74) is -0.171. The molecule has 2 rings (SSSR count). The molecule has 92 valence electrons. The molecule has 0 spiro atoms. The smallest absolute Gasteiger partial charge is 0.335 e. The van der Waals surface area contributed by atoms with Crippen molar-refractivity contribution in [2.45, 2.75) is 6.92 Å². The maximum Gasteiger partial charge on any atom is 0.335 e. The van der Waals surface area contributed by atoms with E-state index in [1.807, 2.05) is 0 Å². The van der Waals surface area contributed by atoms with Gasteiger partial charge in [0.05, 0.1) is 11.3 Å². The van der Waals surface area contributed by atoms with E-state index in [-0.39, 0.29) is 5.56 Å². The Morgan fingerprint density at radius 2 is 2.00 bits per heavy atom. The summed E-state index contributed by atoms with van der Waals surface area (Å²) in [4.78, 5) is 35.8. The first-order valence-corrected chi connectivity index (χ1v) is 5.16. The minimum absolute atomic E-state index is 0.0741. The van der Waals surface area contributed by atoms with Gasteiger partial charge >= 0.3 is 11.7 Å². The zero-order chi connectivity index (χ0) is 13.3. The Labute approximate surface area is 101 Å². The summed E-state index contributed by atoms with van der Waals surface area (Å²) in [5, 5.41) is 8.89. The maximum atomic E-state index is 11.7. The molecule has 0 bridgehead atoms. The highest BCUT2D eigenvalue weighted by molar-refractivity contribution is 5.88. The van der Waals surface area contributed by atoms with E-state index < -0.39 is 17.2 Å². The second-order valence-electron chi connectivity index (χ2n) is 3.77. The van der Waals surface area contributed by atoms with Gasteiger partial charge in [0.1, 0.15) is 0 Å². The van der Waals surface area contributed by atoms with E-state index >= 15 is 0 Å². The lowest BCUT2D eigenvalue weighted by Gasteiger charge is -2.09. The van der Waals surface area contributed by atoms with Gasteiger partial charge in [-0.3, -0.25) is 14.3 Å². The fraction of sp³-hybridized carbons (Fsp3) is 0.0833. The van der Waals surface area contributed by atoms with Crippen LogP contribution < -0.4 is 11.2 Å². The third-order valence-corrected chi connectivity index (χ3v) is 2.48. The normalized spacial score (nSPS) is 10.3. The molecular weight excluding hydrogens is 236 g/mol. The van der Waals surface area contributed by atoms with E-state index in [0.29, 0.717) is 11.4 Å². The largest absolute Gasteiger partial charge is 0.478 e. The van der Waals surface area contributed by atoms with Gasteiger partial charge in [0.25, 0.3) is 5.56 Å². The molecule has 1 aromatic heterocycles. The number of hydrogen-bond donors (Lipinski definition) is 2. The first-order valence-electron chi connectivity index (χ1n) is 5.16. The Hall–Kier alpha value is -2.63. The van der Waals surface area contributed by atoms with Gasteiger partial charge < -0.3 is 5.11 Å². The molecular formula is C12H10N2O4. The second-order valence-corrected chi connectivity index (χ2v) is 3.77. The van der Waals surface area contributed by atoms with Crippen LogP contribution in [-0.2, 0) is 0 Å². The Morgan fingerprint density at radius 1 is 1.28 bits per heavy atom. The third kappa shape index (κ3) is 2.08. The molecule has 6 heteroatoms. The molecule has 0 aliphatic carbocycles. The van der Waals surface area contributed by atoms with Crippen molar-refractivity contribution in [2.24, 2.45) is 0 Å². The fourth-order valence-electron chi connectivity index (χ4n) is 1.71. The van der Waals surface area contributed by atoms with Crippen molar-refractivity contribution in [2.75, 3.05) is 0 Å². The highest BCUT2D eigenvalue weighted by Gasteiger charge is 2.08. The van der Waals surface area contributed by atoms with E-state index in [1.165, 1.54) is 28.8 Å². The quantitative estimate of drug-likeness (QED) is 0.808. The summed E-state index contributed by atoms with van der Waals surface area (Å²) < 4.78 is 1.24. The molecule has 6 nitrogen and oxygen atoms in total. The van der Waals surface area contributed by atoms with Crippen LogP contribution in [0, 0.1) is 6.92 Å². The molecule has 1 heterocycles. The summed E-state index contributed by atoms with van der Waals surface area (Å²) in [5.74, 6) is -1.08. The molecule has 0 radical (unpaired) electrons. The molecule has 0 aliphatic heterocycles. The van der Waals surface area contributed by atoms with Crippen LogP contribution in [0.4, 0.5) is 0 Å². The molecule has 0 aliphatic rings. The summed E-state index contributed by atoms with van der Waals surface area (Å²) in [7, 11) is 0. The molecule has 0 fully saturated rings. The van der Waals surface area contributed by atoms with Crippen molar-refractivity contribution in [1.29, 1.82) is 0 Å². The van der Waals surface area contributed by atoms with Gasteiger partial charge in [0, 0.05) is 11.8 Å². The van der Waals surface area contributed by atoms with Gasteiger partial charge in [-0.2, -0.15) is 0 Å². The van der Waals surface area contributed by atoms with Gasteiger partial charge in [-0.15, -0.1) is 0 Å². The van der Waals surface area contributed by atoms with Crippen molar-refractivity contribution in [3.05, 3.63) is 62.4 Å². The lowest BCUT2D eigenvalue weighted by molar-refractivity contribution is 0.0697. The molecule has 2 N–H and O–H groups in total. The van der Waals surface area contributed by atoms with Gasteiger partial charge in [0.15, 0.2) is 0 Å². The Balaban J connectivity index is 2.70. The van der Waals surface area contributed by atoms with Crippen LogP contribution >= 0.6 is 0 Å². The Kier molecular flexibility index (Phi) is 2.85. The minimum atomic E-state index is -1.08. The lowest BCUT2D eigenvalue weighted by atomic mass is 10.2. The number of carbonyl (C=O) groups is 1. The van der Waals surface area contributed by atoms with Gasteiger partial charge in [0.2, 0.25) is 0 Å². The molecule has 0 atom stereocenters. The first kappa shape index (κ1) is 11.8. The maximum absolute atomic E-state index is 11.7. The second kappa shape index (κ2) is 4.33. The topological polar surface area (TPSA) is 92.2 Å². The van der Waals surface area contributed by atoms with Crippen LogP contribution in [0.25, 0.3) is 5.69 Å². The summed E-state index contributed by atoms with van der Waals surface area (Å²) in [6.45, 7) is 1.60. The summed E-state index contributed by atoms with van der Waals surface area (Å²) in [6.07, 6.45) is 0. The predicted molar refractivity (Wildman–Crippen MR) is 64.4 cm³/mol. The van der Waals surface area contributed by atoms with Crippen LogP contribution in [0.5, 0.6) is 0 Å². The Morgan fingerprint density at radius 3 is 2.61 bits per heavy atom. The zero-order valence-corrected chi connectivity index (χ0v) is 9.51.